The molecule has 0 atom stereocenters. The van der Waals surface area contributed by atoms with Crippen LogP contribution in [-0.4, -0.2) is 68.2 Å². The third-order valence-corrected chi connectivity index (χ3v) is 9.10. The molecule has 2 aliphatic rings. The van der Waals surface area contributed by atoms with Crippen molar-refractivity contribution in [1.29, 1.82) is 0 Å². The highest BCUT2D eigenvalue weighted by Crippen LogP contribution is 2.40. The summed E-state index contributed by atoms with van der Waals surface area (Å²) in [5.41, 5.74) is 4.14. The molecule has 46 heavy (non-hydrogen) atoms. The molecule has 5 aromatic rings. The van der Waals surface area contributed by atoms with Crippen LogP contribution in [0.1, 0.15) is 40.2 Å². The van der Waals surface area contributed by atoms with Gasteiger partial charge in [-0.1, -0.05) is 24.3 Å². The molecule has 2 fully saturated rings. The third-order valence-electron chi connectivity index (χ3n) is 9.10. The SMILES string of the molecule is CN1CCN(C(=O)c2ccc(Nc3cc(-c4cccc(-n5ccc6cc(C7CC7)ccc6c5=O)c4CO)cn(C)c3=O)nc2)CC1. The molecule has 3 aromatic heterocycles. The summed E-state index contributed by atoms with van der Waals surface area (Å²) < 4.78 is 3.04. The van der Waals surface area contributed by atoms with Gasteiger partial charge in [-0.25, -0.2) is 4.98 Å². The molecule has 1 aliphatic carbocycles. The minimum Gasteiger partial charge on any atom is -0.392 e. The number of aliphatic hydroxyl groups is 1. The Bertz CT molecular complexity index is 2070. The van der Waals surface area contributed by atoms with Gasteiger partial charge in [-0.2, -0.15) is 0 Å². The highest BCUT2D eigenvalue weighted by atomic mass is 16.3. The molecule has 10 heteroatoms. The van der Waals surface area contributed by atoms with Crippen LogP contribution < -0.4 is 16.4 Å². The summed E-state index contributed by atoms with van der Waals surface area (Å²) in [5.74, 6) is 0.958. The molecule has 0 bridgehead atoms. The summed E-state index contributed by atoms with van der Waals surface area (Å²) in [5, 5.41) is 15.2. The van der Waals surface area contributed by atoms with Crippen LogP contribution in [-0.2, 0) is 13.7 Å². The average molecular weight is 617 g/mol. The largest absolute Gasteiger partial charge is 0.392 e. The second kappa shape index (κ2) is 12.0. The molecule has 0 spiro atoms. The van der Waals surface area contributed by atoms with Gasteiger partial charge in [0.05, 0.1) is 17.9 Å². The van der Waals surface area contributed by atoms with Crippen LogP contribution in [0, 0.1) is 0 Å². The fraction of sp³-hybridized carbons (Fsp3) is 0.278. The van der Waals surface area contributed by atoms with Gasteiger partial charge in [0, 0.05) is 68.3 Å². The Morgan fingerprint density at radius 3 is 2.48 bits per heavy atom. The lowest BCUT2D eigenvalue weighted by atomic mass is 9.98. The monoisotopic (exact) mass is 616 g/mol. The van der Waals surface area contributed by atoms with Crippen LogP contribution in [0.5, 0.6) is 0 Å². The van der Waals surface area contributed by atoms with E-state index in [1.54, 1.807) is 42.2 Å². The Labute approximate surface area is 266 Å². The summed E-state index contributed by atoms with van der Waals surface area (Å²) in [6.45, 7) is 2.70. The van der Waals surface area contributed by atoms with E-state index < -0.39 is 0 Å². The quantitative estimate of drug-likeness (QED) is 0.281. The van der Waals surface area contributed by atoms with E-state index >= 15 is 0 Å². The topological polar surface area (TPSA) is 113 Å². The van der Waals surface area contributed by atoms with Crippen molar-refractivity contribution < 1.29 is 9.90 Å². The van der Waals surface area contributed by atoms with E-state index in [1.807, 2.05) is 48.3 Å². The number of hydrogen-bond acceptors (Lipinski definition) is 7. The lowest BCUT2D eigenvalue weighted by molar-refractivity contribution is 0.0663. The first-order chi connectivity index (χ1) is 22.3. The van der Waals surface area contributed by atoms with Crippen molar-refractivity contribution in [3.05, 3.63) is 117 Å². The Balaban J connectivity index is 1.19. The second-order valence-corrected chi connectivity index (χ2v) is 12.3. The molecule has 0 unspecified atom stereocenters. The number of carbonyl (C=O) groups excluding carboxylic acids is 1. The van der Waals surface area contributed by atoms with Crippen molar-refractivity contribution in [2.75, 3.05) is 38.5 Å². The first-order valence-electron chi connectivity index (χ1n) is 15.6. The van der Waals surface area contributed by atoms with Crippen molar-refractivity contribution in [3.63, 3.8) is 0 Å². The number of piperazine rings is 1. The number of aryl methyl sites for hydroxylation is 1. The highest BCUT2D eigenvalue weighted by molar-refractivity contribution is 5.94. The van der Waals surface area contributed by atoms with E-state index in [2.05, 4.69) is 21.3 Å². The van der Waals surface area contributed by atoms with E-state index in [-0.39, 0.29) is 29.3 Å². The highest BCUT2D eigenvalue weighted by Gasteiger charge is 2.24. The molecular formula is C36H36N6O4. The molecule has 234 valence electrons. The number of likely N-dealkylation sites (N-methyl/N-ethyl adjacent to an activating group) is 1. The standard InChI is InChI=1S/C36H36N6O4/c1-39-14-16-41(17-15-39)34(44)26-9-11-33(37-20-26)38-31-19-27(21-40(2)36(31)46)28-4-3-5-32(30(28)22-43)42-13-12-25-18-24(23-6-7-23)8-10-29(25)35(42)45/h3-5,8-13,18-21,23,43H,6-7,14-17,22H2,1-2H3,(H,37,38). The second-order valence-electron chi connectivity index (χ2n) is 12.3. The number of carbonyl (C=O) groups is 1. The molecule has 10 nitrogen and oxygen atoms in total. The number of fused-ring (bicyclic) bond motifs is 1. The summed E-state index contributed by atoms with van der Waals surface area (Å²) in [6.07, 6.45) is 7.38. The minimum atomic E-state index is -0.313. The Morgan fingerprint density at radius 1 is 0.957 bits per heavy atom. The number of aromatic nitrogens is 3. The summed E-state index contributed by atoms with van der Waals surface area (Å²) in [6, 6.07) is 18.6. The van der Waals surface area contributed by atoms with Crippen LogP contribution in [0.15, 0.2) is 88.8 Å². The molecule has 2 aromatic carbocycles. The van der Waals surface area contributed by atoms with E-state index in [0.717, 1.165) is 18.5 Å². The van der Waals surface area contributed by atoms with Gasteiger partial charge in [-0.05, 0) is 78.7 Å². The molecule has 0 radical (unpaired) electrons. The van der Waals surface area contributed by atoms with Crippen molar-refractivity contribution in [2.24, 2.45) is 7.05 Å². The maximum absolute atomic E-state index is 13.7. The van der Waals surface area contributed by atoms with Gasteiger partial charge in [0.15, 0.2) is 0 Å². The zero-order valence-electron chi connectivity index (χ0n) is 25.9. The van der Waals surface area contributed by atoms with Crippen LogP contribution in [0.4, 0.5) is 11.5 Å². The van der Waals surface area contributed by atoms with Crippen LogP contribution >= 0.6 is 0 Å². The third kappa shape index (κ3) is 5.61. The number of anilines is 2. The number of hydrogen-bond donors (Lipinski definition) is 2. The number of nitrogens with one attached hydrogen (secondary N) is 1. The first kappa shape index (κ1) is 29.6. The number of amides is 1. The number of rotatable bonds is 7. The fourth-order valence-corrected chi connectivity index (χ4v) is 6.24. The normalized spacial score (nSPS) is 15.3. The predicted molar refractivity (Wildman–Crippen MR) is 179 cm³/mol. The molecule has 1 saturated heterocycles. The van der Waals surface area contributed by atoms with Gasteiger partial charge in [0.25, 0.3) is 17.0 Å². The van der Waals surface area contributed by atoms with Crippen molar-refractivity contribution in [3.8, 4) is 16.8 Å². The average Bonchev–Trinajstić information content (AvgIpc) is 3.93. The number of aliphatic hydroxyl groups excluding tert-OH is 1. The first-order valence-corrected chi connectivity index (χ1v) is 15.6. The van der Waals surface area contributed by atoms with Crippen molar-refractivity contribution >= 4 is 28.2 Å². The Hall–Kier alpha value is -5.06. The molecule has 7 rings (SSSR count). The van der Waals surface area contributed by atoms with Crippen molar-refractivity contribution in [1.82, 2.24) is 23.9 Å². The number of benzene rings is 2. The van der Waals surface area contributed by atoms with Gasteiger partial charge in [-0.3, -0.25) is 19.0 Å². The molecule has 2 N–H and O–H groups in total. The van der Waals surface area contributed by atoms with E-state index in [4.69, 9.17) is 0 Å². The Morgan fingerprint density at radius 2 is 1.76 bits per heavy atom. The van der Waals surface area contributed by atoms with Crippen LogP contribution in [0.3, 0.4) is 0 Å². The van der Waals surface area contributed by atoms with Gasteiger partial charge in [-0.15, -0.1) is 0 Å². The van der Waals surface area contributed by atoms with Crippen molar-refractivity contribution in [2.45, 2.75) is 25.4 Å². The minimum absolute atomic E-state index is 0.0602. The van der Waals surface area contributed by atoms with Gasteiger partial charge in [0.1, 0.15) is 11.5 Å². The number of pyridine rings is 3. The van der Waals surface area contributed by atoms with Crippen LogP contribution in [0.2, 0.25) is 0 Å². The lowest BCUT2D eigenvalue weighted by Crippen LogP contribution is -2.47. The maximum Gasteiger partial charge on any atom is 0.274 e. The number of nitrogens with zero attached hydrogens (tertiary/aromatic N) is 5. The molecular weight excluding hydrogens is 580 g/mol. The van der Waals surface area contributed by atoms with E-state index in [0.29, 0.717) is 58.2 Å². The van der Waals surface area contributed by atoms with E-state index in [1.165, 1.54) is 29.2 Å². The zero-order valence-corrected chi connectivity index (χ0v) is 25.9. The molecule has 1 aliphatic heterocycles. The fourth-order valence-electron chi connectivity index (χ4n) is 6.24. The molecule has 4 heterocycles. The summed E-state index contributed by atoms with van der Waals surface area (Å²) in [7, 11) is 3.70. The van der Waals surface area contributed by atoms with Gasteiger partial charge < -0.3 is 24.8 Å². The predicted octanol–water partition coefficient (Wildman–Crippen LogP) is 4.25. The summed E-state index contributed by atoms with van der Waals surface area (Å²) in [4.78, 5) is 48.2. The van der Waals surface area contributed by atoms with E-state index in [9.17, 15) is 19.5 Å². The smallest absolute Gasteiger partial charge is 0.274 e. The Kier molecular flexibility index (Phi) is 7.75. The maximum atomic E-state index is 13.7. The van der Waals surface area contributed by atoms with Crippen LogP contribution in [0.25, 0.3) is 27.6 Å². The molecule has 1 saturated carbocycles. The van der Waals surface area contributed by atoms with Gasteiger partial charge >= 0.3 is 0 Å². The zero-order chi connectivity index (χ0) is 31.9. The lowest BCUT2D eigenvalue weighted by Gasteiger charge is -2.32. The van der Waals surface area contributed by atoms with Gasteiger partial charge in [0.2, 0.25) is 0 Å². The summed E-state index contributed by atoms with van der Waals surface area (Å²) >= 11 is 0. The molecule has 1 amide bonds.